The monoisotopic (exact) mass is 259 g/mol. The molecule has 0 amide bonds. The molecule has 0 unspecified atom stereocenters. The first kappa shape index (κ1) is 11.0. The second-order valence-corrected chi connectivity index (χ2v) is 4.36. The minimum Gasteiger partial charge on any atom is -0.439 e. The van der Waals surface area contributed by atoms with Crippen molar-refractivity contribution in [3.05, 3.63) is 53.3 Å². The summed E-state index contributed by atoms with van der Waals surface area (Å²) in [4.78, 5) is 4.39. The molecule has 18 heavy (non-hydrogen) atoms. The largest absolute Gasteiger partial charge is 0.439 e. The van der Waals surface area contributed by atoms with Crippen LogP contribution in [0.4, 0.5) is 0 Å². The van der Waals surface area contributed by atoms with E-state index in [0.717, 1.165) is 11.2 Å². The Balaban J connectivity index is 1.97. The lowest BCUT2D eigenvalue weighted by Gasteiger charge is -2.05. The molecule has 0 saturated carbocycles. The van der Waals surface area contributed by atoms with E-state index in [0.29, 0.717) is 16.7 Å². The number of ether oxygens (including phenoxy) is 1. The van der Waals surface area contributed by atoms with Crippen LogP contribution in [0.2, 0.25) is 5.02 Å². The highest BCUT2D eigenvalue weighted by molar-refractivity contribution is 6.30. The molecule has 2 heterocycles. The van der Waals surface area contributed by atoms with Gasteiger partial charge in [0.2, 0.25) is 5.88 Å². The molecule has 90 valence electrons. The van der Waals surface area contributed by atoms with E-state index < -0.39 is 0 Å². The average molecular weight is 260 g/mol. The summed E-state index contributed by atoms with van der Waals surface area (Å²) in [5.41, 5.74) is 1.79. The number of rotatable bonds is 2. The van der Waals surface area contributed by atoms with Gasteiger partial charge in [-0.05, 0) is 25.1 Å². The summed E-state index contributed by atoms with van der Waals surface area (Å²) >= 11 is 5.90. The van der Waals surface area contributed by atoms with Gasteiger partial charge in [0, 0.05) is 22.8 Å². The highest BCUT2D eigenvalue weighted by Gasteiger charge is 2.04. The Hall–Kier alpha value is -2.07. The number of hydrogen-bond acceptors (Lipinski definition) is 3. The molecule has 0 aliphatic heterocycles. The van der Waals surface area contributed by atoms with Gasteiger partial charge in [-0.15, -0.1) is 0 Å². The van der Waals surface area contributed by atoms with Crippen molar-refractivity contribution in [1.82, 2.24) is 14.6 Å². The zero-order chi connectivity index (χ0) is 12.5. The number of hydrogen-bond donors (Lipinski definition) is 0. The van der Waals surface area contributed by atoms with Gasteiger partial charge in [0.1, 0.15) is 5.75 Å². The SMILES string of the molecule is Cc1cnn2ccc(Oc3cccc(Cl)c3)nc12. The third-order valence-electron chi connectivity index (χ3n) is 2.54. The van der Waals surface area contributed by atoms with Gasteiger partial charge in [0.15, 0.2) is 5.65 Å². The van der Waals surface area contributed by atoms with Crippen molar-refractivity contribution in [2.45, 2.75) is 6.92 Å². The highest BCUT2D eigenvalue weighted by Crippen LogP contribution is 2.23. The molecular weight excluding hydrogens is 250 g/mol. The van der Waals surface area contributed by atoms with Gasteiger partial charge in [-0.3, -0.25) is 0 Å². The summed E-state index contributed by atoms with van der Waals surface area (Å²) < 4.78 is 7.36. The van der Waals surface area contributed by atoms with Crippen molar-refractivity contribution in [3.8, 4) is 11.6 Å². The predicted octanol–water partition coefficient (Wildman–Crippen LogP) is 3.48. The van der Waals surface area contributed by atoms with Gasteiger partial charge in [-0.1, -0.05) is 17.7 Å². The molecule has 0 aliphatic carbocycles. The van der Waals surface area contributed by atoms with Gasteiger partial charge in [-0.25, -0.2) is 4.52 Å². The molecule has 3 aromatic rings. The second-order valence-electron chi connectivity index (χ2n) is 3.92. The van der Waals surface area contributed by atoms with Gasteiger partial charge < -0.3 is 4.74 Å². The van der Waals surface area contributed by atoms with Crippen molar-refractivity contribution in [3.63, 3.8) is 0 Å². The fourth-order valence-electron chi connectivity index (χ4n) is 1.67. The Morgan fingerprint density at radius 3 is 3.00 bits per heavy atom. The number of halogens is 1. The van der Waals surface area contributed by atoms with E-state index in [1.165, 1.54) is 0 Å². The molecule has 0 saturated heterocycles. The van der Waals surface area contributed by atoms with Crippen LogP contribution in [0, 0.1) is 6.92 Å². The van der Waals surface area contributed by atoms with Crippen LogP contribution in [-0.2, 0) is 0 Å². The van der Waals surface area contributed by atoms with E-state index in [1.54, 1.807) is 28.9 Å². The van der Waals surface area contributed by atoms with E-state index in [4.69, 9.17) is 16.3 Å². The van der Waals surface area contributed by atoms with Gasteiger partial charge in [-0.2, -0.15) is 10.1 Å². The molecule has 0 fully saturated rings. The van der Waals surface area contributed by atoms with Crippen LogP contribution in [0.25, 0.3) is 5.65 Å². The first-order valence-corrected chi connectivity index (χ1v) is 5.84. The topological polar surface area (TPSA) is 39.4 Å². The third-order valence-corrected chi connectivity index (χ3v) is 2.77. The number of aromatic nitrogens is 3. The summed E-state index contributed by atoms with van der Waals surface area (Å²) in [6, 6.07) is 8.98. The molecule has 4 nitrogen and oxygen atoms in total. The smallest absolute Gasteiger partial charge is 0.222 e. The van der Waals surface area contributed by atoms with Crippen molar-refractivity contribution < 1.29 is 4.74 Å². The molecule has 0 radical (unpaired) electrons. The van der Waals surface area contributed by atoms with Crippen LogP contribution in [0.1, 0.15) is 5.56 Å². The lowest BCUT2D eigenvalue weighted by atomic mass is 10.3. The zero-order valence-corrected chi connectivity index (χ0v) is 10.4. The Kier molecular flexibility index (Phi) is 2.64. The van der Waals surface area contributed by atoms with Crippen molar-refractivity contribution in [2.75, 3.05) is 0 Å². The standard InChI is InChI=1S/C13H10ClN3O/c1-9-8-15-17-6-5-12(16-13(9)17)18-11-4-2-3-10(14)7-11/h2-8H,1H3. The van der Waals surface area contributed by atoms with E-state index in [-0.39, 0.29) is 0 Å². The summed E-state index contributed by atoms with van der Waals surface area (Å²) in [6.07, 6.45) is 3.58. The minimum absolute atomic E-state index is 0.522. The molecule has 0 spiro atoms. The van der Waals surface area contributed by atoms with Gasteiger partial charge >= 0.3 is 0 Å². The number of benzene rings is 1. The quantitative estimate of drug-likeness (QED) is 0.707. The number of fused-ring (bicyclic) bond motifs is 1. The van der Waals surface area contributed by atoms with Gasteiger partial charge in [0.05, 0.1) is 6.20 Å². The third kappa shape index (κ3) is 2.02. The number of nitrogens with zero attached hydrogens (tertiary/aromatic N) is 3. The molecule has 1 aromatic carbocycles. The van der Waals surface area contributed by atoms with E-state index in [2.05, 4.69) is 10.1 Å². The van der Waals surface area contributed by atoms with E-state index in [9.17, 15) is 0 Å². The molecule has 5 heteroatoms. The Morgan fingerprint density at radius 1 is 1.28 bits per heavy atom. The van der Waals surface area contributed by atoms with Crippen LogP contribution in [0.3, 0.4) is 0 Å². The fraction of sp³-hybridized carbons (Fsp3) is 0.0769. The van der Waals surface area contributed by atoms with Crippen molar-refractivity contribution in [1.29, 1.82) is 0 Å². The predicted molar refractivity (Wildman–Crippen MR) is 69.3 cm³/mol. The van der Waals surface area contributed by atoms with Crippen LogP contribution in [-0.4, -0.2) is 14.6 Å². The maximum atomic E-state index is 5.90. The van der Waals surface area contributed by atoms with Crippen LogP contribution >= 0.6 is 11.6 Å². The first-order valence-electron chi connectivity index (χ1n) is 5.47. The van der Waals surface area contributed by atoms with Crippen LogP contribution < -0.4 is 4.74 Å². The molecule has 2 aromatic heterocycles. The summed E-state index contributed by atoms with van der Waals surface area (Å²) in [5, 5.41) is 4.79. The molecule has 0 bridgehead atoms. The maximum absolute atomic E-state index is 5.90. The molecule has 3 rings (SSSR count). The Morgan fingerprint density at radius 2 is 2.17 bits per heavy atom. The van der Waals surface area contributed by atoms with Crippen molar-refractivity contribution in [2.24, 2.45) is 0 Å². The average Bonchev–Trinajstić information content (AvgIpc) is 2.71. The van der Waals surface area contributed by atoms with Gasteiger partial charge in [0.25, 0.3) is 0 Å². The molecular formula is C13H10ClN3O. The van der Waals surface area contributed by atoms with Crippen molar-refractivity contribution >= 4 is 17.2 Å². The summed E-state index contributed by atoms with van der Waals surface area (Å²) in [6.45, 7) is 1.96. The molecule has 0 aliphatic rings. The summed E-state index contributed by atoms with van der Waals surface area (Å²) in [5.74, 6) is 1.19. The first-order chi connectivity index (χ1) is 8.72. The lowest BCUT2D eigenvalue weighted by molar-refractivity contribution is 0.463. The van der Waals surface area contributed by atoms with E-state index >= 15 is 0 Å². The Labute approximate surface area is 109 Å². The van der Waals surface area contributed by atoms with Crippen LogP contribution in [0.15, 0.2) is 42.7 Å². The minimum atomic E-state index is 0.522. The second kappa shape index (κ2) is 4.31. The normalized spacial score (nSPS) is 10.8. The highest BCUT2D eigenvalue weighted by atomic mass is 35.5. The lowest BCUT2D eigenvalue weighted by Crippen LogP contribution is -1.93. The summed E-state index contributed by atoms with van der Waals surface area (Å²) in [7, 11) is 0. The van der Waals surface area contributed by atoms with Crippen LogP contribution in [0.5, 0.6) is 11.6 Å². The molecule has 0 atom stereocenters. The fourth-order valence-corrected chi connectivity index (χ4v) is 1.85. The zero-order valence-electron chi connectivity index (χ0n) is 9.67. The maximum Gasteiger partial charge on any atom is 0.222 e. The number of aryl methyl sites for hydroxylation is 1. The Bertz CT molecular complexity index is 708. The van der Waals surface area contributed by atoms with E-state index in [1.807, 2.05) is 25.3 Å². The molecule has 0 N–H and O–H groups in total.